The number of hydrogen-bond donors (Lipinski definition) is 0. The van der Waals surface area contributed by atoms with Crippen molar-refractivity contribution >= 4 is 70.4 Å². The Labute approximate surface area is 152 Å². The molecule has 21 heavy (non-hydrogen) atoms. The summed E-state index contributed by atoms with van der Waals surface area (Å²) in [6, 6.07) is 12.0. The molecular formula is C15H10Br3ClN2. The van der Waals surface area contributed by atoms with Gasteiger partial charge in [-0.15, -0.1) is 11.6 Å². The van der Waals surface area contributed by atoms with Gasteiger partial charge in [-0.25, -0.2) is 4.98 Å². The van der Waals surface area contributed by atoms with Crippen molar-refractivity contribution in [1.29, 1.82) is 0 Å². The van der Waals surface area contributed by atoms with Crippen LogP contribution in [0.15, 0.2) is 49.8 Å². The molecule has 0 fully saturated rings. The van der Waals surface area contributed by atoms with Crippen LogP contribution in [0.25, 0.3) is 16.7 Å². The number of benzene rings is 2. The zero-order valence-electron chi connectivity index (χ0n) is 10.9. The summed E-state index contributed by atoms with van der Waals surface area (Å²) in [7, 11) is 0. The fraction of sp³-hybridized carbons (Fsp3) is 0.133. The maximum absolute atomic E-state index is 6.35. The predicted molar refractivity (Wildman–Crippen MR) is 98.4 cm³/mol. The first-order valence-electron chi connectivity index (χ1n) is 6.25. The molecule has 3 aromatic rings. The van der Waals surface area contributed by atoms with E-state index in [9.17, 15) is 0 Å². The average Bonchev–Trinajstić information content (AvgIpc) is 2.77. The summed E-state index contributed by atoms with van der Waals surface area (Å²) in [5, 5.41) is -0.199. The Morgan fingerprint density at radius 3 is 2.38 bits per heavy atom. The van der Waals surface area contributed by atoms with Crippen LogP contribution in [0.3, 0.4) is 0 Å². The van der Waals surface area contributed by atoms with Gasteiger partial charge in [0.25, 0.3) is 0 Å². The van der Waals surface area contributed by atoms with Gasteiger partial charge in [0.05, 0.1) is 22.1 Å². The van der Waals surface area contributed by atoms with Crippen molar-refractivity contribution in [1.82, 2.24) is 9.55 Å². The largest absolute Gasteiger partial charge is 0.293 e. The van der Waals surface area contributed by atoms with Crippen molar-refractivity contribution in [3.05, 3.63) is 55.6 Å². The molecule has 0 spiro atoms. The predicted octanol–water partition coefficient (Wildman–Crippen LogP) is 6.61. The molecule has 0 aliphatic carbocycles. The van der Waals surface area contributed by atoms with Crippen molar-refractivity contribution in [3.63, 3.8) is 0 Å². The first-order chi connectivity index (χ1) is 9.99. The lowest BCUT2D eigenvalue weighted by molar-refractivity contribution is 0.878. The second kappa shape index (κ2) is 6.03. The topological polar surface area (TPSA) is 17.8 Å². The number of rotatable bonds is 2. The third-order valence-electron chi connectivity index (χ3n) is 3.16. The molecule has 3 rings (SSSR count). The first kappa shape index (κ1) is 15.5. The van der Waals surface area contributed by atoms with Gasteiger partial charge in [0.15, 0.2) is 0 Å². The molecule has 0 aliphatic rings. The lowest BCUT2D eigenvalue weighted by Crippen LogP contribution is -2.03. The number of nitrogens with zero attached hydrogens (tertiary/aromatic N) is 2. The Morgan fingerprint density at radius 2 is 1.76 bits per heavy atom. The molecule has 6 heteroatoms. The van der Waals surface area contributed by atoms with E-state index in [4.69, 9.17) is 16.6 Å². The third-order valence-corrected chi connectivity index (χ3v) is 5.13. The zero-order chi connectivity index (χ0) is 15.1. The lowest BCUT2D eigenvalue weighted by atomic mass is 10.2. The van der Waals surface area contributed by atoms with Crippen molar-refractivity contribution in [2.24, 2.45) is 0 Å². The monoisotopic (exact) mass is 490 g/mol. The van der Waals surface area contributed by atoms with Gasteiger partial charge in [-0.2, -0.15) is 0 Å². The quantitative estimate of drug-likeness (QED) is 0.367. The number of alkyl halides is 1. The number of fused-ring (bicyclic) bond motifs is 1. The SMILES string of the molecule is CC(Cl)c1nc2cc(Br)ccc2n1-c1c(Br)cccc1Br. The van der Waals surface area contributed by atoms with Gasteiger partial charge >= 0.3 is 0 Å². The van der Waals surface area contributed by atoms with Crippen LogP contribution < -0.4 is 0 Å². The molecule has 2 aromatic carbocycles. The zero-order valence-corrected chi connectivity index (χ0v) is 16.5. The standard InChI is InChI=1S/C15H10Br3ClN2/c1-8(19)15-20-12-7-9(16)5-6-13(12)21(15)14-10(17)3-2-4-11(14)18/h2-8H,1H3. The van der Waals surface area contributed by atoms with Crippen LogP contribution in [-0.4, -0.2) is 9.55 Å². The van der Waals surface area contributed by atoms with Gasteiger partial charge in [0.1, 0.15) is 5.82 Å². The van der Waals surface area contributed by atoms with Crippen LogP contribution in [0.5, 0.6) is 0 Å². The summed E-state index contributed by atoms with van der Waals surface area (Å²) in [4.78, 5) is 4.69. The van der Waals surface area contributed by atoms with E-state index >= 15 is 0 Å². The Kier molecular flexibility index (Phi) is 4.46. The van der Waals surface area contributed by atoms with Gasteiger partial charge in [-0.05, 0) is 69.1 Å². The van der Waals surface area contributed by atoms with E-state index in [0.717, 1.165) is 36.0 Å². The Morgan fingerprint density at radius 1 is 1.10 bits per heavy atom. The molecule has 108 valence electrons. The van der Waals surface area contributed by atoms with Crippen LogP contribution in [0.2, 0.25) is 0 Å². The van der Waals surface area contributed by atoms with Crippen LogP contribution in [-0.2, 0) is 0 Å². The van der Waals surface area contributed by atoms with E-state index in [0.29, 0.717) is 0 Å². The highest BCUT2D eigenvalue weighted by Crippen LogP contribution is 2.36. The van der Waals surface area contributed by atoms with Crippen LogP contribution >= 0.6 is 59.4 Å². The normalized spacial score (nSPS) is 12.8. The molecule has 0 bridgehead atoms. The fourth-order valence-electron chi connectivity index (χ4n) is 2.28. The van der Waals surface area contributed by atoms with Crippen molar-refractivity contribution < 1.29 is 0 Å². The van der Waals surface area contributed by atoms with Crippen molar-refractivity contribution in [3.8, 4) is 5.69 Å². The van der Waals surface area contributed by atoms with Gasteiger partial charge < -0.3 is 0 Å². The highest BCUT2D eigenvalue weighted by Gasteiger charge is 2.19. The summed E-state index contributed by atoms with van der Waals surface area (Å²) >= 11 is 17.1. The highest BCUT2D eigenvalue weighted by molar-refractivity contribution is 9.11. The Hall–Kier alpha value is -0.360. The number of halogens is 4. The molecule has 1 atom stereocenters. The van der Waals surface area contributed by atoms with E-state index in [1.54, 1.807) is 0 Å². The van der Waals surface area contributed by atoms with Crippen LogP contribution in [0, 0.1) is 0 Å². The molecular weight excluding hydrogens is 483 g/mol. The van der Waals surface area contributed by atoms with E-state index < -0.39 is 0 Å². The Bertz CT molecular complexity index is 807. The van der Waals surface area contributed by atoms with Crippen molar-refractivity contribution in [2.75, 3.05) is 0 Å². The molecule has 0 saturated heterocycles. The lowest BCUT2D eigenvalue weighted by Gasteiger charge is -2.14. The molecule has 1 heterocycles. The highest BCUT2D eigenvalue weighted by atomic mass is 79.9. The third kappa shape index (κ3) is 2.81. The smallest absolute Gasteiger partial charge is 0.132 e. The fourth-order valence-corrected chi connectivity index (χ4v) is 4.12. The number of hydrogen-bond acceptors (Lipinski definition) is 1. The molecule has 1 unspecified atom stereocenters. The molecule has 1 aromatic heterocycles. The maximum Gasteiger partial charge on any atom is 0.132 e. The maximum atomic E-state index is 6.35. The van der Waals surface area contributed by atoms with Crippen molar-refractivity contribution in [2.45, 2.75) is 12.3 Å². The Balaban J connectivity index is 2.42. The van der Waals surface area contributed by atoms with Gasteiger partial charge in [0, 0.05) is 13.4 Å². The van der Waals surface area contributed by atoms with Gasteiger partial charge in [-0.3, -0.25) is 4.57 Å². The first-order valence-corrected chi connectivity index (χ1v) is 9.07. The summed E-state index contributed by atoms with van der Waals surface area (Å²) in [6.07, 6.45) is 0. The van der Waals surface area contributed by atoms with Gasteiger partial charge in [-0.1, -0.05) is 22.0 Å². The number of para-hydroxylation sites is 1. The van der Waals surface area contributed by atoms with Crippen LogP contribution in [0.1, 0.15) is 18.1 Å². The second-order valence-electron chi connectivity index (χ2n) is 4.62. The van der Waals surface area contributed by atoms with E-state index in [1.165, 1.54) is 0 Å². The minimum Gasteiger partial charge on any atom is -0.293 e. The average molecular weight is 493 g/mol. The molecule has 0 N–H and O–H groups in total. The molecule has 2 nitrogen and oxygen atoms in total. The second-order valence-corrected chi connectivity index (χ2v) is 7.90. The number of imidazole rings is 1. The minimum absolute atomic E-state index is 0.199. The van der Waals surface area contributed by atoms with E-state index in [2.05, 4.69) is 52.4 Å². The van der Waals surface area contributed by atoms with Gasteiger partial charge in [0.2, 0.25) is 0 Å². The number of aromatic nitrogens is 2. The molecule has 0 aliphatic heterocycles. The van der Waals surface area contributed by atoms with E-state index in [-0.39, 0.29) is 5.38 Å². The summed E-state index contributed by atoms with van der Waals surface area (Å²) in [6.45, 7) is 1.93. The summed E-state index contributed by atoms with van der Waals surface area (Å²) in [5.74, 6) is 0.817. The summed E-state index contributed by atoms with van der Waals surface area (Å²) < 4.78 is 5.06. The van der Waals surface area contributed by atoms with Crippen LogP contribution in [0.4, 0.5) is 0 Å². The molecule has 0 radical (unpaired) electrons. The minimum atomic E-state index is -0.199. The molecule has 0 saturated carbocycles. The summed E-state index contributed by atoms with van der Waals surface area (Å²) in [5.41, 5.74) is 2.94. The van der Waals surface area contributed by atoms with E-state index in [1.807, 2.05) is 43.3 Å². The molecule has 0 amide bonds.